The summed E-state index contributed by atoms with van der Waals surface area (Å²) < 4.78 is 0. The van der Waals surface area contributed by atoms with Gasteiger partial charge in [0.05, 0.1) is 0 Å². The van der Waals surface area contributed by atoms with Gasteiger partial charge in [0.2, 0.25) is 11.8 Å². The van der Waals surface area contributed by atoms with Crippen LogP contribution in [0.15, 0.2) is 24.3 Å². The maximum absolute atomic E-state index is 12.3. The Morgan fingerprint density at radius 3 is 2.95 bits per heavy atom. The van der Waals surface area contributed by atoms with E-state index in [9.17, 15) is 9.59 Å². The largest absolute Gasteiger partial charge is 0.353 e. The molecule has 4 heteroatoms. The Kier molecular flexibility index (Phi) is 4.77. The van der Waals surface area contributed by atoms with Gasteiger partial charge in [-0.25, -0.2) is 0 Å². The van der Waals surface area contributed by atoms with E-state index in [0.29, 0.717) is 25.9 Å². The van der Waals surface area contributed by atoms with Gasteiger partial charge in [0.15, 0.2) is 0 Å². The van der Waals surface area contributed by atoms with Gasteiger partial charge in [-0.1, -0.05) is 36.8 Å². The average molecular weight is 274 g/mol. The van der Waals surface area contributed by atoms with E-state index in [-0.39, 0.29) is 17.9 Å². The minimum absolute atomic E-state index is 0.0253. The van der Waals surface area contributed by atoms with Crippen molar-refractivity contribution in [3.63, 3.8) is 0 Å². The molecule has 1 atom stereocenters. The van der Waals surface area contributed by atoms with Crippen LogP contribution in [0.25, 0.3) is 0 Å². The van der Waals surface area contributed by atoms with Gasteiger partial charge in [-0.15, -0.1) is 0 Å². The molecule has 1 unspecified atom stereocenters. The van der Waals surface area contributed by atoms with Gasteiger partial charge < -0.3 is 10.2 Å². The van der Waals surface area contributed by atoms with E-state index < -0.39 is 0 Å². The molecule has 108 valence electrons. The van der Waals surface area contributed by atoms with E-state index in [0.717, 1.165) is 6.42 Å². The highest BCUT2D eigenvalue weighted by atomic mass is 16.2. The number of nitrogens with zero attached hydrogens (tertiary/aromatic N) is 1. The zero-order chi connectivity index (χ0) is 14.5. The molecule has 0 spiro atoms. The molecule has 1 heterocycles. The van der Waals surface area contributed by atoms with Crippen molar-refractivity contribution in [1.82, 2.24) is 10.2 Å². The SMILES string of the molecule is CCC1C(=O)NCCN1C(=O)CCc1cccc(C)c1. The molecule has 2 rings (SSSR count). The fourth-order valence-electron chi connectivity index (χ4n) is 2.68. The fourth-order valence-corrected chi connectivity index (χ4v) is 2.68. The van der Waals surface area contributed by atoms with E-state index >= 15 is 0 Å². The Labute approximate surface area is 120 Å². The minimum Gasteiger partial charge on any atom is -0.353 e. The number of benzene rings is 1. The summed E-state index contributed by atoms with van der Waals surface area (Å²) in [6.07, 6.45) is 1.87. The monoisotopic (exact) mass is 274 g/mol. The molecule has 0 bridgehead atoms. The van der Waals surface area contributed by atoms with Crippen molar-refractivity contribution < 1.29 is 9.59 Å². The summed E-state index contributed by atoms with van der Waals surface area (Å²) in [6, 6.07) is 7.91. The van der Waals surface area contributed by atoms with Gasteiger partial charge in [-0.05, 0) is 25.3 Å². The number of carbonyl (C=O) groups is 2. The highest BCUT2D eigenvalue weighted by Gasteiger charge is 2.30. The number of rotatable bonds is 4. The van der Waals surface area contributed by atoms with Crippen molar-refractivity contribution in [2.75, 3.05) is 13.1 Å². The van der Waals surface area contributed by atoms with Crippen LogP contribution in [0.1, 0.15) is 30.9 Å². The van der Waals surface area contributed by atoms with Crippen LogP contribution in [0.4, 0.5) is 0 Å². The molecule has 1 saturated heterocycles. The summed E-state index contributed by atoms with van der Waals surface area (Å²) >= 11 is 0. The number of amides is 2. The lowest BCUT2D eigenvalue weighted by Crippen LogP contribution is -2.56. The highest BCUT2D eigenvalue weighted by Crippen LogP contribution is 2.13. The Balaban J connectivity index is 1.95. The third-order valence-corrected chi connectivity index (χ3v) is 3.75. The zero-order valence-corrected chi connectivity index (χ0v) is 12.2. The van der Waals surface area contributed by atoms with E-state index in [1.54, 1.807) is 4.90 Å². The first-order valence-electron chi connectivity index (χ1n) is 7.24. The van der Waals surface area contributed by atoms with Crippen LogP contribution in [0.5, 0.6) is 0 Å². The number of hydrogen-bond acceptors (Lipinski definition) is 2. The molecule has 1 aliphatic rings. The van der Waals surface area contributed by atoms with Crippen LogP contribution in [0, 0.1) is 6.92 Å². The molecule has 1 fully saturated rings. The summed E-state index contributed by atoms with van der Waals surface area (Å²) in [7, 11) is 0. The molecule has 1 aliphatic heterocycles. The van der Waals surface area contributed by atoms with Gasteiger partial charge in [-0.3, -0.25) is 9.59 Å². The van der Waals surface area contributed by atoms with E-state index in [1.165, 1.54) is 11.1 Å². The number of aryl methyl sites for hydroxylation is 2. The van der Waals surface area contributed by atoms with Crippen molar-refractivity contribution in [2.45, 2.75) is 39.2 Å². The third kappa shape index (κ3) is 3.38. The van der Waals surface area contributed by atoms with Crippen molar-refractivity contribution in [3.05, 3.63) is 35.4 Å². The summed E-state index contributed by atoms with van der Waals surface area (Å²) in [5.41, 5.74) is 2.38. The Bertz CT molecular complexity index is 499. The van der Waals surface area contributed by atoms with Crippen molar-refractivity contribution >= 4 is 11.8 Å². The number of nitrogens with one attached hydrogen (secondary N) is 1. The number of hydrogen-bond donors (Lipinski definition) is 1. The maximum atomic E-state index is 12.3. The Morgan fingerprint density at radius 1 is 1.45 bits per heavy atom. The first kappa shape index (κ1) is 14.6. The molecule has 2 amide bonds. The van der Waals surface area contributed by atoms with E-state index in [2.05, 4.69) is 11.4 Å². The van der Waals surface area contributed by atoms with Gasteiger partial charge in [0.1, 0.15) is 6.04 Å². The second-order valence-electron chi connectivity index (χ2n) is 5.29. The average Bonchev–Trinajstić information content (AvgIpc) is 2.44. The molecular formula is C16H22N2O2. The summed E-state index contributed by atoms with van der Waals surface area (Å²) in [5.74, 6) is 0.0517. The first-order valence-corrected chi connectivity index (χ1v) is 7.24. The molecule has 1 N–H and O–H groups in total. The molecule has 1 aromatic rings. The summed E-state index contributed by atoms with van der Waals surface area (Å²) in [5, 5.41) is 2.82. The normalized spacial score (nSPS) is 18.8. The lowest BCUT2D eigenvalue weighted by atomic mass is 10.0. The molecule has 0 radical (unpaired) electrons. The molecule has 1 aromatic carbocycles. The van der Waals surface area contributed by atoms with Crippen LogP contribution < -0.4 is 5.32 Å². The smallest absolute Gasteiger partial charge is 0.242 e. The standard InChI is InChI=1S/C16H22N2O2/c1-3-14-16(20)17-9-10-18(14)15(19)8-7-13-6-4-5-12(2)11-13/h4-6,11,14H,3,7-10H2,1-2H3,(H,17,20). The van der Waals surface area contributed by atoms with Gasteiger partial charge in [-0.2, -0.15) is 0 Å². The minimum atomic E-state index is -0.297. The first-order chi connectivity index (χ1) is 9.61. The molecule has 0 saturated carbocycles. The van der Waals surface area contributed by atoms with Crippen molar-refractivity contribution in [3.8, 4) is 0 Å². The predicted octanol–water partition coefficient (Wildman–Crippen LogP) is 1.66. The maximum Gasteiger partial charge on any atom is 0.242 e. The Hall–Kier alpha value is -1.84. The molecule has 0 aromatic heterocycles. The van der Waals surface area contributed by atoms with Gasteiger partial charge in [0, 0.05) is 19.5 Å². The van der Waals surface area contributed by atoms with Gasteiger partial charge in [0.25, 0.3) is 0 Å². The third-order valence-electron chi connectivity index (χ3n) is 3.75. The van der Waals surface area contributed by atoms with Crippen molar-refractivity contribution in [1.29, 1.82) is 0 Å². The van der Waals surface area contributed by atoms with Crippen LogP contribution in [-0.2, 0) is 16.0 Å². The second-order valence-corrected chi connectivity index (χ2v) is 5.29. The number of piperazine rings is 1. The van der Waals surface area contributed by atoms with E-state index in [1.807, 2.05) is 32.0 Å². The van der Waals surface area contributed by atoms with Gasteiger partial charge >= 0.3 is 0 Å². The van der Waals surface area contributed by atoms with Crippen LogP contribution >= 0.6 is 0 Å². The zero-order valence-electron chi connectivity index (χ0n) is 12.2. The van der Waals surface area contributed by atoms with Crippen LogP contribution in [0.2, 0.25) is 0 Å². The summed E-state index contributed by atoms with van der Waals surface area (Å²) in [4.78, 5) is 25.8. The topological polar surface area (TPSA) is 49.4 Å². The molecular weight excluding hydrogens is 252 g/mol. The Morgan fingerprint density at radius 2 is 2.25 bits per heavy atom. The summed E-state index contributed by atoms with van der Waals surface area (Å²) in [6.45, 7) is 5.17. The van der Waals surface area contributed by atoms with Crippen LogP contribution in [0.3, 0.4) is 0 Å². The van der Waals surface area contributed by atoms with Crippen LogP contribution in [-0.4, -0.2) is 35.8 Å². The molecule has 4 nitrogen and oxygen atoms in total. The number of carbonyl (C=O) groups excluding carboxylic acids is 2. The van der Waals surface area contributed by atoms with E-state index in [4.69, 9.17) is 0 Å². The predicted molar refractivity (Wildman–Crippen MR) is 78.3 cm³/mol. The highest BCUT2D eigenvalue weighted by molar-refractivity contribution is 5.88. The second kappa shape index (κ2) is 6.55. The lowest BCUT2D eigenvalue weighted by Gasteiger charge is -2.34. The molecule has 0 aliphatic carbocycles. The fraction of sp³-hybridized carbons (Fsp3) is 0.500. The quantitative estimate of drug-likeness (QED) is 0.908. The lowest BCUT2D eigenvalue weighted by molar-refractivity contribution is -0.143. The molecule has 20 heavy (non-hydrogen) atoms. The van der Waals surface area contributed by atoms with Crippen molar-refractivity contribution in [2.24, 2.45) is 0 Å².